The van der Waals surface area contributed by atoms with Crippen molar-refractivity contribution in [2.24, 2.45) is 0 Å². The van der Waals surface area contributed by atoms with E-state index >= 15 is 0 Å². The third-order valence-electron chi connectivity index (χ3n) is 3.24. The first-order valence-corrected chi connectivity index (χ1v) is 6.22. The lowest BCUT2D eigenvalue weighted by Gasteiger charge is -2.44. The summed E-state index contributed by atoms with van der Waals surface area (Å²) in [6.45, 7) is 6.45. The van der Waals surface area contributed by atoms with Gasteiger partial charge in [0, 0.05) is 25.2 Å². The number of para-hydroxylation sites is 1. The van der Waals surface area contributed by atoms with Gasteiger partial charge in [-0.05, 0) is 26.0 Å². The molecule has 98 valence electrons. The molecule has 1 aliphatic rings. The van der Waals surface area contributed by atoms with Crippen molar-refractivity contribution < 1.29 is 4.92 Å². The van der Waals surface area contributed by atoms with E-state index in [-0.39, 0.29) is 16.2 Å². The molecule has 18 heavy (non-hydrogen) atoms. The highest BCUT2D eigenvalue weighted by Gasteiger charge is 2.34. The Labute approximate surface area is 111 Å². The van der Waals surface area contributed by atoms with Gasteiger partial charge >= 0.3 is 5.69 Å². The van der Waals surface area contributed by atoms with Gasteiger partial charge in [-0.15, -0.1) is 0 Å². The fourth-order valence-electron chi connectivity index (χ4n) is 2.33. The van der Waals surface area contributed by atoms with Crippen LogP contribution in [0, 0.1) is 10.1 Å². The molecule has 1 aromatic carbocycles. The van der Waals surface area contributed by atoms with Crippen LogP contribution in [0.5, 0.6) is 0 Å². The Morgan fingerprint density at radius 3 is 2.83 bits per heavy atom. The van der Waals surface area contributed by atoms with Crippen LogP contribution in [0.2, 0.25) is 5.02 Å². The quantitative estimate of drug-likeness (QED) is 0.662. The summed E-state index contributed by atoms with van der Waals surface area (Å²) in [5.41, 5.74) is 0.418. The maximum Gasteiger partial charge on any atom is 0.310 e. The fraction of sp³-hybridized carbons (Fsp3) is 0.500. The summed E-state index contributed by atoms with van der Waals surface area (Å²) in [6.07, 6.45) is 0. The first-order chi connectivity index (χ1) is 8.43. The van der Waals surface area contributed by atoms with Crippen molar-refractivity contribution in [3.63, 3.8) is 0 Å². The van der Waals surface area contributed by atoms with E-state index in [1.807, 2.05) is 4.90 Å². The largest absolute Gasteiger partial charge is 0.358 e. The maximum absolute atomic E-state index is 11.2. The number of nitro groups is 1. The van der Waals surface area contributed by atoms with Crippen LogP contribution >= 0.6 is 11.6 Å². The van der Waals surface area contributed by atoms with Gasteiger partial charge in [-0.25, -0.2) is 0 Å². The second-order valence-electron chi connectivity index (χ2n) is 5.01. The lowest BCUT2D eigenvalue weighted by Crippen LogP contribution is -2.58. The van der Waals surface area contributed by atoms with Crippen molar-refractivity contribution in [3.05, 3.63) is 33.3 Å². The molecule has 0 radical (unpaired) electrons. The van der Waals surface area contributed by atoms with Crippen LogP contribution in [0.1, 0.15) is 13.8 Å². The van der Waals surface area contributed by atoms with Crippen molar-refractivity contribution in [2.75, 3.05) is 24.5 Å². The van der Waals surface area contributed by atoms with Gasteiger partial charge in [0.2, 0.25) is 0 Å². The molecule has 0 spiro atoms. The molecule has 1 N–H and O–H groups in total. The zero-order chi connectivity index (χ0) is 13.3. The Bertz CT molecular complexity index is 476. The molecular weight excluding hydrogens is 254 g/mol. The normalized spacial score (nSPS) is 18.7. The van der Waals surface area contributed by atoms with E-state index in [9.17, 15) is 10.1 Å². The van der Waals surface area contributed by atoms with E-state index in [1.54, 1.807) is 18.2 Å². The third kappa shape index (κ3) is 2.28. The highest BCUT2D eigenvalue weighted by Crippen LogP contribution is 2.38. The SMILES string of the molecule is CC1(C)CNCCN1c1cccc(Cl)c1[N+](=O)[O-]. The molecule has 0 aliphatic carbocycles. The summed E-state index contributed by atoms with van der Waals surface area (Å²) in [7, 11) is 0. The van der Waals surface area contributed by atoms with Crippen LogP contribution in [0.3, 0.4) is 0 Å². The molecule has 0 saturated carbocycles. The van der Waals surface area contributed by atoms with Gasteiger partial charge in [0.1, 0.15) is 10.7 Å². The Hall–Kier alpha value is -1.33. The first-order valence-electron chi connectivity index (χ1n) is 5.85. The number of anilines is 1. The van der Waals surface area contributed by atoms with E-state index in [2.05, 4.69) is 19.2 Å². The van der Waals surface area contributed by atoms with Crippen molar-refractivity contribution in [1.82, 2.24) is 5.32 Å². The van der Waals surface area contributed by atoms with E-state index in [4.69, 9.17) is 11.6 Å². The number of nitrogens with one attached hydrogen (secondary N) is 1. The summed E-state index contributed by atoms with van der Waals surface area (Å²) in [6, 6.07) is 5.07. The molecule has 1 aromatic rings. The topological polar surface area (TPSA) is 58.4 Å². The standard InChI is InChI=1S/C12H16ClN3O2/c1-12(2)8-14-6-7-15(12)10-5-3-4-9(13)11(10)16(17)18/h3-5,14H,6-8H2,1-2H3. The van der Waals surface area contributed by atoms with Crippen LogP contribution in [0.25, 0.3) is 0 Å². The number of hydrogen-bond donors (Lipinski definition) is 1. The van der Waals surface area contributed by atoms with Crippen LogP contribution in [-0.4, -0.2) is 30.1 Å². The Kier molecular flexibility index (Phi) is 3.45. The predicted octanol–water partition coefficient (Wildman–Crippen LogP) is 2.44. The first kappa shape index (κ1) is 13.1. The molecule has 6 heteroatoms. The van der Waals surface area contributed by atoms with Crippen LogP contribution in [0.15, 0.2) is 18.2 Å². The summed E-state index contributed by atoms with van der Waals surface area (Å²) >= 11 is 5.95. The summed E-state index contributed by atoms with van der Waals surface area (Å²) < 4.78 is 0. The highest BCUT2D eigenvalue weighted by atomic mass is 35.5. The number of rotatable bonds is 2. The van der Waals surface area contributed by atoms with E-state index < -0.39 is 4.92 Å². The molecule has 1 aliphatic heterocycles. The summed E-state index contributed by atoms with van der Waals surface area (Å²) in [5, 5.41) is 14.7. The molecule has 0 atom stereocenters. The van der Waals surface area contributed by atoms with Gasteiger partial charge in [-0.3, -0.25) is 10.1 Å². The lowest BCUT2D eigenvalue weighted by atomic mass is 9.98. The molecule has 0 amide bonds. The van der Waals surface area contributed by atoms with Crippen molar-refractivity contribution in [1.29, 1.82) is 0 Å². The number of hydrogen-bond acceptors (Lipinski definition) is 4. The van der Waals surface area contributed by atoms with E-state index in [0.29, 0.717) is 5.69 Å². The van der Waals surface area contributed by atoms with E-state index in [1.165, 1.54) is 0 Å². The minimum absolute atomic E-state index is 0.00542. The molecule has 1 heterocycles. The van der Waals surface area contributed by atoms with Crippen LogP contribution < -0.4 is 10.2 Å². The van der Waals surface area contributed by atoms with Gasteiger partial charge in [-0.1, -0.05) is 17.7 Å². The average Bonchev–Trinajstić information content (AvgIpc) is 2.27. The molecule has 1 fully saturated rings. The Morgan fingerprint density at radius 1 is 1.50 bits per heavy atom. The molecule has 0 unspecified atom stereocenters. The fourth-order valence-corrected chi connectivity index (χ4v) is 2.57. The van der Waals surface area contributed by atoms with Crippen molar-refractivity contribution in [2.45, 2.75) is 19.4 Å². The smallest absolute Gasteiger partial charge is 0.310 e. The van der Waals surface area contributed by atoms with Gasteiger partial charge < -0.3 is 10.2 Å². The van der Waals surface area contributed by atoms with Gasteiger partial charge in [0.25, 0.3) is 0 Å². The molecule has 0 bridgehead atoms. The molecule has 2 rings (SSSR count). The number of nitro benzene ring substituents is 1. The van der Waals surface area contributed by atoms with Crippen LogP contribution in [-0.2, 0) is 0 Å². The van der Waals surface area contributed by atoms with E-state index in [0.717, 1.165) is 19.6 Å². The molecule has 1 saturated heterocycles. The monoisotopic (exact) mass is 269 g/mol. The zero-order valence-electron chi connectivity index (χ0n) is 10.4. The summed E-state index contributed by atoms with van der Waals surface area (Å²) in [4.78, 5) is 12.8. The average molecular weight is 270 g/mol. The minimum atomic E-state index is -0.407. The number of benzene rings is 1. The molecule has 5 nitrogen and oxygen atoms in total. The number of halogens is 1. The number of nitrogens with zero attached hydrogens (tertiary/aromatic N) is 2. The third-order valence-corrected chi connectivity index (χ3v) is 3.54. The molecule has 0 aromatic heterocycles. The highest BCUT2D eigenvalue weighted by molar-refractivity contribution is 6.33. The van der Waals surface area contributed by atoms with Crippen LogP contribution in [0.4, 0.5) is 11.4 Å². The summed E-state index contributed by atoms with van der Waals surface area (Å²) in [5.74, 6) is 0. The van der Waals surface area contributed by atoms with Gasteiger partial charge in [-0.2, -0.15) is 0 Å². The van der Waals surface area contributed by atoms with Gasteiger partial charge in [0.05, 0.1) is 4.92 Å². The maximum atomic E-state index is 11.2. The second kappa shape index (κ2) is 4.74. The lowest BCUT2D eigenvalue weighted by molar-refractivity contribution is -0.384. The Balaban J connectivity index is 2.50. The van der Waals surface area contributed by atoms with Crippen molar-refractivity contribution >= 4 is 23.0 Å². The molecular formula is C12H16ClN3O2. The second-order valence-corrected chi connectivity index (χ2v) is 5.41. The minimum Gasteiger partial charge on any atom is -0.358 e. The predicted molar refractivity (Wildman–Crippen MR) is 72.4 cm³/mol. The van der Waals surface area contributed by atoms with Gasteiger partial charge in [0.15, 0.2) is 0 Å². The Morgan fingerprint density at radius 2 is 2.22 bits per heavy atom. The number of piperazine rings is 1. The zero-order valence-corrected chi connectivity index (χ0v) is 11.2. The van der Waals surface area contributed by atoms with Crippen molar-refractivity contribution in [3.8, 4) is 0 Å².